The third kappa shape index (κ3) is 2.61. The van der Waals surface area contributed by atoms with Crippen LogP contribution in [0.2, 0.25) is 0 Å². The van der Waals surface area contributed by atoms with Crippen LogP contribution in [-0.4, -0.2) is 38.9 Å². The second-order valence-corrected chi connectivity index (χ2v) is 5.28. The highest BCUT2D eigenvalue weighted by Crippen LogP contribution is 2.14. The van der Waals surface area contributed by atoms with Crippen LogP contribution in [0.3, 0.4) is 0 Å². The zero-order chi connectivity index (χ0) is 14.8. The minimum Gasteiger partial charge on any atom is -0.350 e. The fourth-order valence-corrected chi connectivity index (χ4v) is 2.67. The quantitative estimate of drug-likeness (QED) is 0.910. The van der Waals surface area contributed by atoms with E-state index in [1.54, 1.807) is 22.5 Å². The molecule has 1 N–H and O–H groups in total. The Morgan fingerprint density at radius 3 is 3.10 bits per heavy atom. The zero-order valence-electron chi connectivity index (χ0n) is 12.0. The van der Waals surface area contributed by atoms with Gasteiger partial charge in [0.15, 0.2) is 0 Å². The van der Waals surface area contributed by atoms with Crippen molar-refractivity contribution >= 4 is 17.3 Å². The molecule has 0 unspecified atom stereocenters. The molecule has 1 atom stereocenters. The van der Waals surface area contributed by atoms with E-state index >= 15 is 0 Å². The molecule has 6 nitrogen and oxygen atoms in total. The number of nitrogens with one attached hydrogen (secondary N) is 1. The van der Waals surface area contributed by atoms with Gasteiger partial charge in [-0.05, 0) is 25.5 Å². The Balaban J connectivity index is 1.64. The first kappa shape index (κ1) is 13.6. The number of amides is 2. The van der Waals surface area contributed by atoms with E-state index in [4.69, 9.17) is 0 Å². The summed E-state index contributed by atoms with van der Waals surface area (Å²) < 4.78 is 1.77. The average Bonchev–Trinajstić information content (AvgIpc) is 3.10. The Bertz CT molecular complexity index is 679. The van der Waals surface area contributed by atoms with Crippen LogP contribution in [0.25, 0.3) is 5.52 Å². The Morgan fingerprint density at radius 1 is 1.48 bits per heavy atom. The van der Waals surface area contributed by atoms with E-state index in [1.807, 2.05) is 24.4 Å². The molecular formula is C15H18N4O2. The Labute approximate surface area is 122 Å². The molecule has 0 bridgehead atoms. The van der Waals surface area contributed by atoms with E-state index < -0.39 is 6.04 Å². The lowest BCUT2D eigenvalue weighted by Crippen LogP contribution is -2.45. The Morgan fingerprint density at radius 2 is 2.33 bits per heavy atom. The number of aromatic nitrogens is 2. The lowest BCUT2D eigenvalue weighted by atomic mass is 10.2. The van der Waals surface area contributed by atoms with Crippen LogP contribution in [0, 0.1) is 0 Å². The first-order valence-electron chi connectivity index (χ1n) is 7.15. The van der Waals surface area contributed by atoms with E-state index in [9.17, 15) is 9.59 Å². The molecule has 0 saturated carbocycles. The predicted octanol–water partition coefficient (Wildman–Crippen LogP) is 0.961. The summed E-state index contributed by atoms with van der Waals surface area (Å²) in [4.78, 5) is 25.5. The minimum absolute atomic E-state index is 0.0635. The van der Waals surface area contributed by atoms with E-state index in [-0.39, 0.29) is 11.8 Å². The van der Waals surface area contributed by atoms with Crippen LogP contribution in [0.4, 0.5) is 0 Å². The fourth-order valence-electron chi connectivity index (χ4n) is 2.67. The number of hydrogen-bond acceptors (Lipinski definition) is 3. The monoisotopic (exact) mass is 286 g/mol. The van der Waals surface area contributed by atoms with Crippen LogP contribution in [0.5, 0.6) is 0 Å². The summed E-state index contributed by atoms with van der Waals surface area (Å²) in [6.45, 7) is 2.86. The number of carbonyl (C=O) groups excluding carboxylic acids is 2. The SMILES string of the molecule is C[C@H](C(=O)NCc1cnn2ccccc12)N1CCCC1=O. The number of fused-ring (bicyclic) bond motifs is 1. The van der Waals surface area contributed by atoms with Gasteiger partial charge in [-0.25, -0.2) is 4.52 Å². The van der Waals surface area contributed by atoms with Crippen molar-refractivity contribution in [3.63, 3.8) is 0 Å². The summed E-state index contributed by atoms with van der Waals surface area (Å²) in [6, 6.07) is 5.39. The van der Waals surface area contributed by atoms with Crippen molar-refractivity contribution in [1.82, 2.24) is 19.8 Å². The second-order valence-electron chi connectivity index (χ2n) is 5.28. The lowest BCUT2D eigenvalue weighted by Gasteiger charge is -2.23. The molecule has 0 spiro atoms. The largest absolute Gasteiger partial charge is 0.350 e. The standard InChI is InChI=1S/C15H18N4O2/c1-11(18-7-4-6-14(18)20)15(21)16-9-12-10-17-19-8-3-2-5-13(12)19/h2-3,5,8,10-11H,4,6-7,9H2,1H3,(H,16,21)/t11-/m1/s1. The summed E-state index contributed by atoms with van der Waals surface area (Å²) in [5, 5.41) is 7.12. The van der Waals surface area contributed by atoms with Crippen molar-refractivity contribution in [2.24, 2.45) is 0 Å². The van der Waals surface area contributed by atoms with E-state index in [2.05, 4.69) is 10.4 Å². The molecule has 2 amide bonds. The Kier molecular flexibility index (Phi) is 3.60. The van der Waals surface area contributed by atoms with Gasteiger partial charge in [0.25, 0.3) is 0 Å². The molecule has 2 aromatic rings. The maximum Gasteiger partial charge on any atom is 0.242 e. The number of pyridine rings is 1. The normalized spacial score (nSPS) is 16.4. The molecule has 2 aromatic heterocycles. The summed E-state index contributed by atoms with van der Waals surface area (Å²) in [5.74, 6) is -0.0610. The molecule has 110 valence electrons. The van der Waals surface area contributed by atoms with Gasteiger partial charge >= 0.3 is 0 Å². The van der Waals surface area contributed by atoms with Gasteiger partial charge < -0.3 is 10.2 Å². The van der Waals surface area contributed by atoms with Gasteiger partial charge in [-0.1, -0.05) is 6.07 Å². The third-order valence-corrected chi connectivity index (χ3v) is 3.92. The Hall–Kier alpha value is -2.37. The lowest BCUT2D eigenvalue weighted by molar-refractivity contribution is -0.136. The van der Waals surface area contributed by atoms with Crippen molar-refractivity contribution < 1.29 is 9.59 Å². The highest BCUT2D eigenvalue weighted by Gasteiger charge is 2.29. The number of hydrogen-bond donors (Lipinski definition) is 1. The van der Waals surface area contributed by atoms with Crippen molar-refractivity contribution in [2.45, 2.75) is 32.4 Å². The third-order valence-electron chi connectivity index (χ3n) is 3.92. The molecule has 6 heteroatoms. The molecule has 0 radical (unpaired) electrons. The molecule has 0 aromatic carbocycles. The second kappa shape index (κ2) is 5.55. The van der Waals surface area contributed by atoms with Crippen molar-refractivity contribution in [3.8, 4) is 0 Å². The van der Waals surface area contributed by atoms with Gasteiger partial charge in [0.05, 0.1) is 11.7 Å². The van der Waals surface area contributed by atoms with E-state index in [0.717, 1.165) is 17.5 Å². The summed E-state index contributed by atoms with van der Waals surface area (Å²) in [6.07, 6.45) is 5.00. The number of carbonyl (C=O) groups is 2. The number of nitrogens with zero attached hydrogens (tertiary/aromatic N) is 3. The maximum atomic E-state index is 12.2. The number of rotatable bonds is 4. The topological polar surface area (TPSA) is 66.7 Å². The van der Waals surface area contributed by atoms with Gasteiger partial charge in [0.1, 0.15) is 6.04 Å². The van der Waals surface area contributed by atoms with E-state index in [0.29, 0.717) is 19.5 Å². The molecule has 21 heavy (non-hydrogen) atoms. The summed E-state index contributed by atoms with van der Waals surface area (Å²) in [7, 11) is 0. The summed E-state index contributed by atoms with van der Waals surface area (Å²) >= 11 is 0. The van der Waals surface area contributed by atoms with Crippen LogP contribution in [-0.2, 0) is 16.1 Å². The molecule has 1 saturated heterocycles. The highest BCUT2D eigenvalue weighted by molar-refractivity contribution is 5.88. The molecular weight excluding hydrogens is 268 g/mol. The van der Waals surface area contributed by atoms with E-state index in [1.165, 1.54) is 0 Å². The molecule has 3 heterocycles. The highest BCUT2D eigenvalue weighted by atomic mass is 16.2. The smallest absolute Gasteiger partial charge is 0.242 e. The summed E-state index contributed by atoms with van der Waals surface area (Å²) in [5.41, 5.74) is 1.94. The molecule has 0 aliphatic carbocycles. The number of likely N-dealkylation sites (tertiary alicyclic amines) is 1. The minimum atomic E-state index is -0.415. The van der Waals surface area contributed by atoms with Crippen LogP contribution >= 0.6 is 0 Å². The van der Waals surface area contributed by atoms with Gasteiger partial charge in [-0.2, -0.15) is 5.10 Å². The van der Waals surface area contributed by atoms with Crippen molar-refractivity contribution in [1.29, 1.82) is 0 Å². The first-order chi connectivity index (χ1) is 10.2. The molecule has 1 fully saturated rings. The van der Waals surface area contributed by atoms with Crippen LogP contribution in [0.1, 0.15) is 25.3 Å². The molecule has 3 rings (SSSR count). The van der Waals surface area contributed by atoms with Crippen molar-refractivity contribution in [3.05, 3.63) is 36.2 Å². The van der Waals surface area contributed by atoms with Crippen LogP contribution in [0.15, 0.2) is 30.6 Å². The van der Waals surface area contributed by atoms with Gasteiger partial charge in [-0.15, -0.1) is 0 Å². The van der Waals surface area contributed by atoms with Gasteiger partial charge in [0, 0.05) is 31.3 Å². The molecule has 1 aliphatic rings. The average molecular weight is 286 g/mol. The van der Waals surface area contributed by atoms with Gasteiger partial charge in [0.2, 0.25) is 11.8 Å². The predicted molar refractivity (Wildman–Crippen MR) is 77.4 cm³/mol. The maximum absolute atomic E-state index is 12.2. The fraction of sp³-hybridized carbons (Fsp3) is 0.400. The van der Waals surface area contributed by atoms with Crippen LogP contribution < -0.4 is 5.32 Å². The van der Waals surface area contributed by atoms with Gasteiger partial charge in [-0.3, -0.25) is 9.59 Å². The molecule has 1 aliphatic heterocycles. The first-order valence-corrected chi connectivity index (χ1v) is 7.15. The van der Waals surface area contributed by atoms with Crippen molar-refractivity contribution in [2.75, 3.05) is 6.54 Å². The zero-order valence-corrected chi connectivity index (χ0v) is 12.0.